The molecule has 1 heterocycles. The third-order valence-corrected chi connectivity index (χ3v) is 3.36. The van der Waals surface area contributed by atoms with Gasteiger partial charge in [-0.1, -0.05) is 29.4 Å². The van der Waals surface area contributed by atoms with E-state index in [1.54, 1.807) is 12.1 Å². The van der Waals surface area contributed by atoms with Gasteiger partial charge in [0.15, 0.2) is 5.76 Å². The van der Waals surface area contributed by atoms with Crippen LogP contribution in [0.5, 0.6) is 0 Å². The van der Waals surface area contributed by atoms with Crippen LogP contribution in [0.1, 0.15) is 5.56 Å². The fraction of sp³-hybridized carbons (Fsp3) is 0.0625. The second-order valence-corrected chi connectivity index (χ2v) is 4.81. The van der Waals surface area contributed by atoms with E-state index in [4.69, 9.17) is 4.52 Å². The van der Waals surface area contributed by atoms with Crippen molar-refractivity contribution in [2.75, 3.05) is 0 Å². The van der Waals surface area contributed by atoms with Crippen LogP contribution in [-0.2, 0) is 6.61 Å². The lowest BCUT2D eigenvalue weighted by molar-refractivity contribution is -0.384. The number of halogens is 1. The zero-order chi connectivity index (χ0) is 16.4. The zero-order valence-electron chi connectivity index (χ0n) is 11.8. The molecule has 0 aliphatic heterocycles. The van der Waals surface area contributed by atoms with E-state index in [1.807, 2.05) is 0 Å². The van der Waals surface area contributed by atoms with E-state index in [2.05, 4.69) is 5.16 Å². The number of hydrogen-bond acceptors (Lipinski definition) is 5. The van der Waals surface area contributed by atoms with E-state index in [0.29, 0.717) is 16.7 Å². The molecule has 0 unspecified atom stereocenters. The molecule has 0 saturated carbocycles. The molecular weight excluding hydrogens is 303 g/mol. The maximum absolute atomic E-state index is 13.4. The third-order valence-electron chi connectivity index (χ3n) is 3.36. The number of rotatable bonds is 4. The first-order valence-electron chi connectivity index (χ1n) is 6.70. The van der Waals surface area contributed by atoms with Crippen molar-refractivity contribution >= 4 is 5.69 Å². The maximum Gasteiger partial charge on any atom is 0.270 e. The molecule has 0 bridgehead atoms. The summed E-state index contributed by atoms with van der Waals surface area (Å²) >= 11 is 0. The van der Waals surface area contributed by atoms with E-state index >= 15 is 0 Å². The van der Waals surface area contributed by atoms with Crippen molar-refractivity contribution in [3.05, 3.63) is 70.0 Å². The SMILES string of the molecule is O=[N+]([O-])c1cccc(-c2noc(-c3cccc(F)c3)c2CO)c1. The van der Waals surface area contributed by atoms with Crippen molar-refractivity contribution in [2.45, 2.75) is 6.61 Å². The van der Waals surface area contributed by atoms with Gasteiger partial charge in [0.25, 0.3) is 5.69 Å². The maximum atomic E-state index is 13.4. The minimum absolute atomic E-state index is 0.0957. The second-order valence-electron chi connectivity index (χ2n) is 4.81. The highest BCUT2D eigenvalue weighted by Gasteiger charge is 2.20. The van der Waals surface area contributed by atoms with Crippen LogP contribution in [0.3, 0.4) is 0 Å². The van der Waals surface area contributed by atoms with Gasteiger partial charge >= 0.3 is 0 Å². The van der Waals surface area contributed by atoms with Crippen LogP contribution in [0.25, 0.3) is 22.6 Å². The van der Waals surface area contributed by atoms with E-state index < -0.39 is 17.3 Å². The Morgan fingerprint density at radius 1 is 1.17 bits per heavy atom. The molecule has 0 aliphatic carbocycles. The Kier molecular flexibility index (Phi) is 3.86. The molecule has 0 fully saturated rings. The number of hydrogen-bond donors (Lipinski definition) is 1. The first kappa shape index (κ1) is 14.9. The van der Waals surface area contributed by atoms with Gasteiger partial charge in [-0.25, -0.2) is 4.39 Å². The molecule has 3 aromatic rings. The quantitative estimate of drug-likeness (QED) is 0.587. The molecule has 0 saturated heterocycles. The molecule has 7 heteroatoms. The Bertz CT molecular complexity index is 876. The van der Waals surface area contributed by atoms with Gasteiger partial charge in [0.05, 0.1) is 17.1 Å². The van der Waals surface area contributed by atoms with Crippen LogP contribution in [0.4, 0.5) is 10.1 Å². The minimum atomic E-state index is -0.518. The van der Waals surface area contributed by atoms with Crippen LogP contribution >= 0.6 is 0 Å². The standard InChI is InChI=1S/C16H11FN2O4/c17-12-5-1-4-11(7-12)16-14(9-20)15(18-23-16)10-3-2-6-13(8-10)19(21)22/h1-8,20H,9H2. The number of nitro groups is 1. The third kappa shape index (κ3) is 2.82. The van der Waals surface area contributed by atoms with Crippen molar-refractivity contribution in [3.63, 3.8) is 0 Å². The van der Waals surface area contributed by atoms with Gasteiger partial charge in [0.2, 0.25) is 0 Å². The Hall–Kier alpha value is -3.06. The average molecular weight is 314 g/mol. The lowest BCUT2D eigenvalue weighted by Gasteiger charge is -2.02. The topological polar surface area (TPSA) is 89.4 Å². The predicted octanol–water partition coefficient (Wildman–Crippen LogP) is 3.55. The Morgan fingerprint density at radius 3 is 2.61 bits per heavy atom. The summed E-state index contributed by atoms with van der Waals surface area (Å²) in [7, 11) is 0. The highest BCUT2D eigenvalue weighted by molar-refractivity contribution is 5.73. The number of nitro benzene ring substituents is 1. The molecular formula is C16H11FN2O4. The van der Waals surface area contributed by atoms with Crippen molar-refractivity contribution in [3.8, 4) is 22.6 Å². The van der Waals surface area contributed by atoms with Gasteiger partial charge in [-0.3, -0.25) is 10.1 Å². The van der Waals surface area contributed by atoms with Crippen LogP contribution in [0.2, 0.25) is 0 Å². The van der Waals surface area contributed by atoms with Gasteiger partial charge in [0, 0.05) is 23.3 Å². The molecule has 0 aliphatic rings. The molecule has 0 amide bonds. The van der Waals surface area contributed by atoms with Crippen LogP contribution in [-0.4, -0.2) is 15.2 Å². The highest BCUT2D eigenvalue weighted by Crippen LogP contribution is 2.33. The molecule has 2 aromatic carbocycles. The van der Waals surface area contributed by atoms with Gasteiger partial charge < -0.3 is 9.63 Å². The van der Waals surface area contributed by atoms with E-state index in [1.165, 1.54) is 36.4 Å². The minimum Gasteiger partial charge on any atom is -0.391 e. The molecule has 6 nitrogen and oxygen atoms in total. The smallest absolute Gasteiger partial charge is 0.270 e. The summed E-state index contributed by atoms with van der Waals surface area (Å²) in [5, 5.41) is 24.4. The van der Waals surface area contributed by atoms with Crippen LogP contribution in [0, 0.1) is 15.9 Å². The number of aliphatic hydroxyl groups excluding tert-OH is 1. The number of benzene rings is 2. The number of aromatic nitrogens is 1. The first-order valence-corrected chi connectivity index (χ1v) is 6.70. The van der Waals surface area contributed by atoms with Crippen molar-refractivity contribution in [1.82, 2.24) is 5.16 Å². The summed E-state index contributed by atoms with van der Waals surface area (Å²) in [6.45, 7) is -0.395. The number of aliphatic hydroxyl groups is 1. The van der Waals surface area contributed by atoms with Gasteiger partial charge in [-0.15, -0.1) is 0 Å². The summed E-state index contributed by atoms with van der Waals surface area (Å²) in [5.74, 6) is -0.215. The monoisotopic (exact) mass is 314 g/mol. The summed E-state index contributed by atoms with van der Waals surface area (Å²) in [5.41, 5.74) is 1.40. The van der Waals surface area contributed by atoms with Gasteiger partial charge in [-0.05, 0) is 12.1 Å². The first-order chi connectivity index (χ1) is 11.1. The molecule has 1 aromatic heterocycles. The van der Waals surface area contributed by atoms with Gasteiger partial charge in [-0.2, -0.15) is 0 Å². The molecule has 116 valence electrons. The normalized spacial score (nSPS) is 10.7. The fourth-order valence-electron chi connectivity index (χ4n) is 2.31. The molecule has 0 atom stereocenters. The predicted molar refractivity (Wildman–Crippen MR) is 79.9 cm³/mol. The largest absolute Gasteiger partial charge is 0.391 e. The Balaban J connectivity index is 2.12. The van der Waals surface area contributed by atoms with E-state index in [-0.39, 0.29) is 17.1 Å². The van der Waals surface area contributed by atoms with E-state index in [0.717, 1.165) is 0 Å². The van der Waals surface area contributed by atoms with Crippen LogP contribution < -0.4 is 0 Å². The van der Waals surface area contributed by atoms with Crippen LogP contribution in [0.15, 0.2) is 53.1 Å². The lowest BCUT2D eigenvalue weighted by Crippen LogP contribution is -1.91. The van der Waals surface area contributed by atoms with E-state index in [9.17, 15) is 19.6 Å². The molecule has 1 N–H and O–H groups in total. The van der Waals surface area contributed by atoms with Crippen molar-refractivity contribution in [1.29, 1.82) is 0 Å². The highest BCUT2D eigenvalue weighted by atomic mass is 19.1. The molecule has 0 spiro atoms. The summed E-state index contributed by atoms with van der Waals surface area (Å²) in [4.78, 5) is 10.4. The van der Waals surface area contributed by atoms with Crippen molar-refractivity contribution in [2.24, 2.45) is 0 Å². The molecule has 0 radical (unpaired) electrons. The number of nitrogens with zero attached hydrogens (tertiary/aromatic N) is 2. The summed E-state index contributed by atoms with van der Waals surface area (Å²) < 4.78 is 18.6. The molecule has 3 rings (SSSR count). The Morgan fingerprint density at radius 2 is 1.91 bits per heavy atom. The summed E-state index contributed by atoms with van der Waals surface area (Å²) in [6.07, 6.45) is 0. The van der Waals surface area contributed by atoms with Gasteiger partial charge in [0.1, 0.15) is 11.5 Å². The number of non-ortho nitro benzene ring substituents is 1. The van der Waals surface area contributed by atoms with Crippen molar-refractivity contribution < 1.29 is 18.9 Å². The fourth-order valence-corrected chi connectivity index (χ4v) is 2.31. The summed E-state index contributed by atoms with van der Waals surface area (Å²) in [6, 6.07) is 11.5. The average Bonchev–Trinajstić information content (AvgIpc) is 2.99. The Labute approximate surface area is 129 Å². The lowest BCUT2D eigenvalue weighted by atomic mass is 10.0. The second kappa shape index (κ2) is 5.98. The molecule has 23 heavy (non-hydrogen) atoms. The zero-order valence-corrected chi connectivity index (χ0v) is 11.8.